The number of aryl methyl sites for hydroxylation is 1. The van der Waals surface area contributed by atoms with Gasteiger partial charge in [-0.2, -0.15) is 5.10 Å². The average molecular weight is 342 g/mol. The van der Waals surface area contributed by atoms with Crippen molar-refractivity contribution >= 4 is 39.1 Å². The van der Waals surface area contributed by atoms with Gasteiger partial charge in [0.15, 0.2) is 5.82 Å². The molecule has 1 atom stereocenters. The molecule has 3 aromatic heterocycles. The number of thiophene rings is 1. The van der Waals surface area contributed by atoms with E-state index < -0.39 is 0 Å². The normalized spacial score (nSPS) is 17.5. The Balaban J connectivity index is 1.58. The van der Waals surface area contributed by atoms with E-state index >= 15 is 0 Å². The predicted molar refractivity (Wildman–Crippen MR) is 94.4 cm³/mol. The third kappa shape index (κ3) is 2.62. The minimum Gasteiger partial charge on any atom is -0.344 e. The smallest absolute Gasteiger partial charge is 0.248 e. The summed E-state index contributed by atoms with van der Waals surface area (Å²) in [5.41, 5.74) is 1.00. The van der Waals surface area contributed by atoms with Crippen LogP contribution in [0, 0.1) is 0 Å². The predicted octanol–water partition coefficient (Wildman–Crippen LogP) is 2.58. The second kappa shape index (κ2) is 6.20. The Morgan fingerprint density at radius 1 is 1.50 bits per heavy atom. The zero-order valence-electron chi connectivity index (χ0n) is 13.3. The Hall–Kier alpha value is -2.48. The summed E-state index contributed by atoms with van der Waals surface area (Å²) in [6.45, 7) is 2.86. The maximum atomic E-state index is 12.7. The Labute approximate surface area is 143 Å². The number of hydrogen-bond acceptors (Lipinski definition) is 6. The SMILES string of the molecule is CCc1cc(NC(=O)[C@H]2CCCN2c2ncnc3sccc23)n[nH]1. The van der Waals surface area contributed by atoms with Gasteiger partial charge < -0.3 is 10.2 Å². The summed E-state index contributed by atoms with van der Waals surface area (Å²) in [7, 11) is 0. The largest absolute Gasteiger partial charge is 0.344 e. The maximum Gasteiger partial charge on any atom is 0.248 e. The summed E-state index contributed by atoms with van der Waals surface area (Å²) >= 11 is 1.59. The number of amides is 1. The first-order chi connectivity index (χ1) is 11.8. The number of fused-ring (bicyclic) bond motifs is 1. The van der Waals surface area contributed by atoms with Crippen LogP contribution in [-0.4, -0.2) is 38.7 Å². The van der Waals surface area contributed by atoms with Crippen LogP contribution in [0.25, 0.3) is 10.2 Å². The van der Waals surface area contributed by atoms with Crippen molar-refractivity contribution in [2.45, 2.75) is 32.2 Å². The van der Waals surface area contributed by atoms with E-state index in [4.69, 9.17) is 0 Å². The number of nitrogens with zero attached hydrogens (tertiary/aromatic N) is 4. The number of carbonyl (C=O) groups is 1. The van der Waals surface area contributed by atoms with E-state index in [1.54, 1.807) is 17.7 Å². The van der Waals surface area contributed by atoms with Crippen LogP contribution in [0.5, 0.6) is 0 Å². The highest BCUT2D eigenvalue weighted by molar-refractivity contribution is 7.16. The van der Waals surface area contributed by atoms with Gasteiger partial charge in [0.2, 0.25) is 5.91 Å². The molecule has 0 unspecified atom stereocenters. The Morgan fingerprint density at radius 2 is 2.42 bits per heavy atom. The molecule has 1 amide bonds. The molecule has 0 saturated carbocycles. The van der Waals surface area contributed by atoms with Gasteiger partial charge in [0.25, 0.3) is 0 Å². The summed E-state index contributed by atoms with van der Waals surface area (Å²) in [4.78, 5) is 24.5. The van der Waals surface area contributed by atoms with Crippen molar-refractivity contribution in [2.24, 2.45) is 0 Å². The van der Waals surface area contributed by atoms with Gasteiger partial charge in [-0.3, -0.25) is 9.89 Å². The van der Waals surface area contributed by atoms with Crippen molar-refractivity contribution in [3.05, 3.63) is 29.5 Å². The Bertz CT molecular complexity index is 872. The number of hydrogen-bond donors (Lipinski definition) is 2. The van der Waals surface area contributed by atoms with Crippen LogP contribution in [0.1, 0.15) is 25.5 Å². The number of aromatic nitrogens is 4. The lowest BCUT2D eigenvalue weighted by Gasteiger charge is -2.24. The average Bonchev–Trinajstić information content (AvgIpc) is 3.33. The monoisotopic (exact) mass is 342 g/mol. The van der Waals surface area contributed by atoms with E-state index in [2.05, 4.69) is 30.4 Å². The van der Waals surface area contributed by atoms with Crippen molar-refractivity contribution in [3.8, 4) is 0 Å². The fraction of sp³-hybridized carbons (Fsp3) is 0.375. The van der Waals surface area contributed by atoms with Crippen LogP contribution in [-0.2, 0) is 11.2 Å². The first-order valence-corrected chi connectivity index (χ1v) is 8.94. The van der Waals surface area contributed by atoms with Gasteiger partial charge in [-0.05, 0) is 30.7 Å². The van der Waals surface area contributed by atoms with Crippen molar-refractivity contribution in [1.29, 1.82) is 0 Å². The van der Waals surface area contributed by atoms with E-state index in [1.165, 1.54) is 0 Å². The molecule has 1 aliphatic rings. The van der Waals surface area contributed by atoms with Crippen LogP contribution in [0.3, 0.4) is 0 Å². The summed E-state index contributed by atoms with van der Waals surface area (Å²) in [6, 6.07) is 3.66. The number of aromatic amines is 1. The molecule has 0 spiro atoms. The molecule has 1 saturated heterocycles. The third-order valence-electron chi connectivity index (χ3n) is 4.33. The highest BCUT2D eigenvalue weighted by Crippen LogP contribution is 2.32. The fourth-order valence-electron chi connectivity index (χ4n) is 3.11. The molecule has 0 aliphatic carbocycles. The zero-order valence-corrected chi connectivity index (χ0v) is 14.1. The van der Waals surface area contributed by atoms with E-state index in [0.29, 0.717) is 5.82 Å². The van der Waals surface area contributed by atoms with Gasteiger partial charge in [-0.1, -0.05) is 6.92 Å². The quantitative estimate of drug-likeness (QED) is 0.761. The van der Waals surface area contributed by atoms with Crippen molar-refractivity contribution in [2.75, 3.05) is 16.8 Å². The van der Waals surface area contributed by atoms with E-state index in [9.17, 15) is 4.79 Å². The van der Waals surface area contributed by atoms with Gasteiger partial charge in [0.1, 0.15) is 23.0 Å². The molecule has 124 valence electrons. The number of H-pyrrole nitrogens is 1. The molecule has 0 bridgehead atoms. The lowest BCUT2D eigenvalue weighted by Crippen LogP contribution is -2.40. The minimum absolute atomic E-state index is 0.0383. The molecular formula is C16H18N6OS. The maximum absolute atomic E-state index is 12.7. The van der Waals surface area contributed by atoms with E-state index in [1.807, 2.05) is 24.4 Å². The molecule has 0 radical (unpaired) electrons. The fourth-order valence-corrected chi connectivity index (χ4v) is 3.84. The van der Waals surface area contributed by atoms with E-state index in [-0.39, 0.29) is 11.9 Å². The van der Waals surface area contributed by atoms with Crippen LogP contribution in [0.15, 0.2) is 23.8 Å². The lowest BCUT2D eigenvalue weighted by molar-refractivity contribution is -0.117. The van der Waals surface area contributed by atoms with Crippen molar-refractivity contribution in [1.82, 2.24) is 20.2 Å². The molecule has 4 heterocycles. The third-order valence-corrected chi connectivity index (χ3v) is 5.15. The first-order valence-electron chi connectivity index (χ1n) is 8.06. The molecule has 1 aliphatic heterocycles. The van der Waals surface area contributed by atoms with Crippen molar-refractivity contribution < 1.29 is 4.79 Å². The Kier molecular flexibility index (Phi) is 3.89. The number of nitrogens with one attached hydrogen (secondary N) is 2. The molecule has 8 heteroatoms. The summed E-state index contributed by atoms with van der Waals surface area (Å²) in [6.07, 6.45) is 4.21. The van der Waals surface area contributed by atoms with Gasteiger partial charge in [0.05, 0.1) is 5.39 Å². The molecule has 2 N–H and O–H groups in total. The topological polar surface area (TPSA) is 86.8 Å². The molecule has 1 fully saturated rings. The highest BCUT2D eigenvalue weighted by atomic mass is 32.1. The van der Waals surface area contributed by atoms with Gasteiger partial charge in [-0.25, -0.2) is 9.97 Å². The van der Waals surface area contributed by atoms with Gasteiger partial charge in [0, 0.05) is 18.3 Å². The second-order valence-electron chi connectivity index (χ2n) is 5.81. The molecule has 7 nitrogen and oxygen atoms in total. The Morgan fingerprint density at radius 3 is 3.25 bits per heavy atom. The second-order valence-corrected chi connectivity index (χ2v) is 6.70. The van der Waals surface area contributed by atoms with Gasteiger partial charge in [-0.15, -0.1) is 11.3 Å². The van der Waals surface area contributed by atoms with E-state index in [0.717, 1.165) is 47.5 Å². The number of carbonyl (C=O) groups excluding carboxylic acids is 1. The van der Waals surface area contributed by atoms with Gasteiger partial charge >= 0.3 is 0 Å². The summed E-state index contributed by atoms with van der Waals surface area (Å²) in [5.74, 6) is 1.38. The zero-order chi connectivity index (χ0) is 16.5. The highest BCUT2D eigenvalue weighted by Gasteiger charge is 2.33. The minimum atomic E-state index is -0.232. The number of anilines is 2. The lowest BCUT2D eigenvalue weighted by atomic mass is 10.2. The summed E-state index contributed by atoms with van der Waals surface area (Å²) < 4.78 is 0. The van der Waals surface area contributed by atoms with Crippen LogP contribution in [0.2, 0.25) is 0 Å². The number of rotatable bonds is 4. The van der Waals surface area contributed by atoms with Crippen molar-refractivity contribution in [3.63, 3.8) is 0 Å². The van der Waals surface area contributed by atoms with Crippen LogP contribution >= 0.6 is 11.3 Å². The van der Waals surface area contributed by atoms with Crippen LogP contribution in [0.4, 0.5) is 11.6 Å². The molecule has 24 heavy (non-hydrogen) atoms. The summed E-state index contributed by atoms with van der Waals surface area (Å²) in [5, 5.41) is 13.0. The standard InChI is InChI=1S/C16H18N6OS/c1-2-10-8-13(21-20-10)19-15(23)12-4-3-6-22(12)14-11-5-7-24-16(11)18-9-17-14/h5,7-9,12H,2-4,6H2,1H3,(H2,19,20,21,23)/t12-/m1/s1. The first kappa shape index (κ1) is 15.1. The van der Waals surface area contributed by atoms with Crippen LogP contribution < -0.4 is 10.2 Å². The molecule has 4 rings (SSSR count). The molecule has 3 aromatic rings. The molecule has 0 aromatic carbocycles. The molecular weight excluding hydrogens is 324 g/mol.